The summed E-state index contributed by atoms with van der Waals surface area (Å²) < 4.78 is 0. The van der Waals surface area contributed by atoms with Crippen molar-refractivity contribution < 1.29 is 4.79 Å². The maximum absolute atomic E-state index is 12.6. The summed E-state index contributed by atoms with van der Waals surface area (Å²) in [6.07, 6.45) is 5.35. The molecule has 120 valence electrons. The molecule has 2 heterocycles. The molecule has 0 bridgehead atoms. The molecule has 5 nitrogen and oxygen atoms in total. The lowest BCUT2D eigenvalue weighted by Crippen LogP contribution is -2.41. The van der Waals surface area contributed by atoms with Gasteiger partial charge in [0.15, 0.2) is 0 Å². The molecule has 0 unspecified atom stereocenters. The summed E-state index contributed by atoms with van der Waals surface area (Å²) >= 11 is 0. The smallest absolute Gasteiger partial charge is 0.229 e. The number of nitrogens with one attached hydrogen (secondary N) is 1. The van der Waals surface area contributed by atoms with Crippen molar-refractivity contribution in [2.24, 2.45) is 5.92 Å². The molecule has 1 aromatic carbocycles. The first kappa shape index (κ1) is 15.5. The lowest BCUT2D eigenvalue weighted by atomic mass is 9.97. The second-order valence-corrected chi connectivity index (χ2v) is 6.07. The van der Waals surface area contributed by atoms with Crippen LogP contribution in [0.5, 0.6) is 0 Å². The molecule has 1 aliphatic rings. The topological polar surface area (TPSA) is 58.1 Å². The third-order valence-electron chi connectivity index (χ3n) is 4.49. The largest absolute Gasteiger partial charge is 0.340 e. The van der Waals surface area contributed by atoms with Crippen LogP contribution in [-0.2, 0) is 4.79 Å². The summed E-state index contributed by atoms with van der Waals surface area (Å²) in [4.78, 5) is 23.3. The van der Waals surface area contributed by atoms with Crippen LogP contribution in [0.25, 0.3) is 0 Å². The van der Waals surface area contributed by atoms with E-state index in [9.17, 15) is 4.79 Å². The Morgan fingerprint density at radius 2 is 2.00 bits per heavy atom. The van der Waals surface area contributed by atoms with Gasteiger partial charge in [0.1, 0.15) is 0 Å². The van der Waals surface area contributed by atoms with Gasteiger partial charge in [0, 0.05) is 31.2 Å². The Morgan fingerprint density at radius 3 is 2.78 bits per heavy atom. The molecular formula is C18H22N4O. The molecule has 0 saturated carbocycles. The van der Waals surface area contributed by atoms with Crippen LogP contribution in [0.3, 0.4) is 0 Å². The molecule has 1 amide bonds. The fourth-order valence-corrected chi connectivity index (χ4v) is 2.95. The Kier molecular flexibility index (Phi) is 4.55. The molecule has 3 rings (SSSR count). The molecule has 2 aromatic rings. The Labute approximate surface area is 136 Å². The maximum Gasteiger partial charge on any atom is 0.229 e. The Balaban J connectivity index is 1.69. The van der Waals surface area contributed by atoms with Gasteiger partial charge in [-0.3, -0.25) is 4.79 Å². The van der Waals surface area contributed by atoms with Crippen LogP contribution in [0, 0.1) is 19.8 Å². The highest BCUT2D eigenvalue weighted by atomic mass is 16.1. The van der Waals surface area contributed by atoms with E-state index in [4.69, 9.17) is 0 Å². The van der Waals surface area contributed by atoms with Crippen molar-refractivity contribution in [2.75, 3.05) is 23.3 Å². The van der Waals surface area contributed by atoms with Gasteiger partial charge in [-0.25, -0.2) is 9.97 Å². The van der Waals surface area contributed by atoms with Crippen molar-refractivity contribution in [2.45, 2.75) is 26.7 Å². The summed E-state index contributed by atoms with van der Waals surface area (Å²) in [6.45, 7) is 5.66. The number of anilines is 2. The lowest BCUT2D eigenvalue weighted by Gasteiger charge is -2.32. The maximum atomic E-state index is 12.6. The van der Waals surface area contributed by atoms with Crippen LogP contribution in [0.4, 0.5) is 11.6 Å². The van der Waals surface area contributed by atoms with Gasteiger partial charge in [0.05, 0.1) is 5.92 Å². The second-order valence-electron chi connectivity index (χ2n) is 6.07. The van der Waals surface area contributed by atoms with E-state index in [2.05, 4.69) is 33.2 Å². The highest BCUT2D eigenvalue weighted by Crippen LogP contribution is 2.23. The zero-order chi connectivity index (χ0) is 16.2. The third kappa shape index (κ3) is 3.50. The number of hydrogen-bond donors (Lipinski definition) is 1. The minimum atomic E-state index is -0.0348. The van der Waals surface area contributed by atoms with Gasteiger partial charge >= 0.3 is 0 Å². The monoisotopic (exact) mass is 310 g/mol. The van der Waals surface area contributed by atoms with Gasteiger partial charge < -0.3 is 10.2 Å². The van der Waals surface area contributed by atoms with Gasteiger partial charge in [-0.05, 0) is 49.9 Å². The van der Waals surface area contributed by atoms with Crippen LogP contribution in [0.15, 0.2) is 36.7 Å². The molecule has 1 atom stereocenters. The number of hydrogen-bond acceptors (Lipinski definition) is 4. The number of rotatable bonds is 3. The fraction of sp³-hybridized carbons (Fsp3) is 0.389. The summed E-state index contributed by atoms with van der Waals surface area (Å²) in [5, 5.41) is 3.09. The number of piperidine rings is 1. The van der Waals surface area contributed by atoms with Gasteiger partial charge in [-0.2, -0.15) is 0 Å². The minimum absolute atomic E-state index is 0.0348. The fourth-order valence-electron chi connectivity index (χ4n) is 2.95. The molecule has 1 saturated heterocycles. The van der Waals surface area contributed by atoms with E-state index in [0.717, 1.165) is 30.6 Å². The highest BCUT2D eigenvalue weighted by Gasteiger charge is 2.27. The van der Waals surface area contributed by atoms with Crippen LogP contribution in [-0.4, -0.2) is 29.0 Å². The SMILES string of the molecule is Cc1cccc(NC(=O)[C@H]2CCCN(c3ncccn3)C2)c1C. The molecule has 23 heavy (non-hydrogen) atoms. The summed E-state index contributed by atoms with van der Waals surface area (Å²) in [6, 6.07) is 7.79. The number of aryl methyl sites for hydroxylation is 1. The van der Waals surface area contributed by atoms with Crippen LogP contribution in [0.2, 0.25) is 0 Å². The second kappa shape index (κ2) is 6.77. The summed E-state index contributed by atoms with van der Waals surface area (Å²) in [7, 11) is 0. The number of carbonyl (C=O) groups excluding carboxylic acids is 1. The normalized spacial score (nSPS) is 17.8. The van der Waals surface area contributed by atoms with Crippen LogP contribution >= 0.6 is 0 Å². The lowest BCUT2D eigenvalue weighted by molar-refractivity contribution is -0.120. The quantitative estimate of drug-likeness (QED) is 0.947. The summed E-state index contributed by atoms with van der Waals surface area (Å²) in [5.74, 6) is 0.753. The summed E-state index contributed by atoms with van der Waals surface area (Å²) in [5.41, 5.74) is 3.22. The Bertz CT molecular complexity index is 687. The number of nitrogens with zero attached hydrogens (tertiary/aromatic N) is 3. The molecule has 1 aliphatic heterocycles. The van der Waals surface area contributed by atoms with Crippen molar-refractivity contribution in [3.8, 4) is 0 Å². The van der Waals surface area contributed by atoms with E-state index < -0.39 is 0 Å². The molecule has 5 heteroatoms. The molecule has 1 aromatic heterocycles. The van der Waals surface area contributed by atoms with E-state index in [-0.39, 0.29) is 11.8 Å². The van der Waals surface area contributed by atoms with E-state index in [1.165, 1.54) is 5.56 Å². The molecular weight excluding hydrogens is 288 g/mol. The number of amides is 1. The first-order valence-electron chi connectivity index (χ1n) is 8.04. The zero-order valence-electron chi connectivity index (χ0n) is 13.6. The van der Waals surface area contributed by atoms with Crippen LogP contribution < -0.4 is 10.2 Å². The van der Waals surface area contributed by atoms with E-state index in [1.807, 2.05) is 19.1 Å². The molecule has 0 aliphatic carbocycles. The average Bonchev–Trinajstić information content (AvgIpc) is 2.60. The Hall–Kier alpha value is -2.43. The van der Waals surface area contributed by atoms with E-state index in [1.54, 1.807) is 18.5 Å². The number of carbonyl (C=O) groups is 1. The van der Waals surface area contributed by atoms with Crippen molar-refractivity contribution >= 4 is 17.5 Å². The third-order valence-corrected chi connectivity index (χ3v) is 4.49. The molecule has 0 radical (unpaired) electrons. The van der Waals surface area contributed by atoms with Gasteiger partial charge in [0.25, 0.3) is 0 Å². The van der Waals surface area contributed by atoms with Crippen molar-refractivity contribution in [3.63, 3.8) is 0 Å². The predicted octanol–water partition coefficient (Wildman–Crippen LogP) is 2.95. The van der Waals surface area contributed by atoms with Crippen molar-refractivity contribution in [1.82, 2.24) is 9.97 Å². The number of aromatic nitrogens is 2. The van der Waals surface area contributed by atoms with Gasteiger partial charge in [0.2, 0.25) is 11.9 Å². The van der Waals surface area contributed by atoms with Crippen LogP contribution in [0.1, 0.15) is 24.0 Å². The van der Waals surface area contributed by atoms with Gasteiger partial charge in [-0.15, -0.1) is 0 Å². The van der Waals surface area contributed by atoms with Crippen molar-refractivity contribution in [1.29, 1.82) is 0 Å². The molecule has 1 fully saturated rings. The zero-order valence-corrected chi connectivity index (χ0v) is 13.6. The van der Waals surface area contributed by atoms with Gasteiger partial charge in [-0.1, -0.05) is 12.1 Å². The average molecular weight is 310 g/mol. The molecule has 0 spiro atoms. The minimum Gasteiger partial charge on any atom is -0.340 e. The first-order valence-corrected chi connectivity index (χ1v) is 8.04. The standard InChI is InChI=1S/C18H22N4O/c1-13-6-3-8-16(14(13)2)21-17(23)15-7-4-11-22(12-15)18-19-9-5-10-20-18/h3,5-6,8-10,15H,4,7,11-12H2,1-2H3,(H,21,23)/t15-/m0/s1. The first-order chi connectivity index (χ1) is 11.1. The highest BCUT2D eigenvalue weighted by molar-refractivity contribution is 5.93. The number of benzene rings is 1. The van der Waals surface area contributed by atoms with E-state index >= 15 is 0 Å². The van der Waals surface area contributed by atoms with Crippen molar-refractivity contribution in [3.05, 3.63) is 47.8 Å². The van der Waals surface area contributed by atoms with E-state index in [0.29, 0.717) is 12.5 Å². The Morgan fingerprint density at radius 1 is 1.22 bits per heavy atom. The predicted molar refractivity (Wildman–Crippen MR) is 91.5 cm³/mol. The molecule has 1 N–H and O–H groups in total.